The highest BCUT2D eigenvalue weighted by molar-refractivity contribution is 7.89. The fourth-order valence-electron chi connectivity index (χ4n) is 0.376. The quantitative estimate of drug-likeness (QED) is 0.422. The van der Waals surface area contributed by atoms with Crippen LogP contribution in [0.4, 0.5) is 0 Å². The third kappa shape index (κ3) is 1.85. The third-order valence-corrected chi connectivity index (χ3v) is 3.62. The summed E-state index contributed by atoms with van der Waals surface area (Å²) in [5.74, 6) is -0.0810. The van der Waals surface area contributed by atoms with Gasteiger partial charge in [-0.15, -0.1) is 0 Å². The van der Waals surface area contributed by atoms with Crippen LogP contribution in [0.1, 0.15) is 13.3 Å². The highest BCUT2D eigenvalue weighted by Gasteiger charge is 2.35. The lowest BCUT2D eigenvalue weighted by Gasteiger charge is -2.21. The second-order valence-electron chi connectivity index (χ2n) is 2.05. The van der Waals surface area contributed by atoms with Crippen molar-refractivity contribution in [2.24, 2.45) is 5.73 Å². The van der Waals surface area contributed by atoms with E-state index in [1.165, 1.54) is 0 Å². The molecule has 0 aromatic carbocycles. The summed E-state index contributed by atoms with van der Waals surface area (Å²) in [4.78, 5) is -1.59. The average Bonchev–Trinajstić information content (AvgIpc) is 1.84. The SMILES string of the molecule is CCC(N)(CS)S(=O)(=O)O. The number of thiol groups is 1. The first-order valence-electron chi connectivity index (χ1n) is 2.74. The van der Waals surface area contributed by atoms with Crippen molar-refractivity contribution in [3.05, 3.63) is 0 Å². The fraction of sp³-hybridized carbons (Fsp3) is 1.00. The van der Waals surface area contributed by atoms with E-state index in [1.54, 1.807) is 6.92 Å². The van der Waals surface area contributed by atoms with E-state index in [-0.39, 0.29) is 12.2 Å². The molecule has 0 aromatic rings. The molecule has 0 saturated carbocycles. The van der Waals surface area contributed by atoms with Crippen LogP contribution in [0.3, 0.4) is 0 Å². The standard InChI is InChI=1S/C4H11NO3S2/c1-2-4(5,3-9)10(6,7)8/h9H,2-3,5H2,1H3,(H,6,7,8). The fourth-order valence-corrected chi connectivity index (χ4v) is 1.62. The molecule has 3 N–H and O–H groups in total. The molecule has 0 saturated heterocycles. The predicted molar refractivity (Wildman–Crippen MR) is 42.6 cm³/mol. The molecule has 62 valence electrons. The molecule has 10 heavy (non-hydrogen) atoms. The zero-order chi connectivity index (χ0) is 8.41. The van der Waals surface area contributed by atoms with Crippen molar-refractivity contribution >= 4 is 22.7 Å². The molecule has 6 heteroatoms. The van der Waals surface area contributed by atoms with Crippen LogP contribution < -0.4 is 5.73 Å². The van der Waals surface area contributed by atoms with Gasteiger partial charge >= 0.3 is 0 Å². The first-order valence-corrected chi connectivity index (χ1v) is 4.81. The molecule has 0 spiro atoms. The predicted octanol–water partition coefficient (Wildman–Crippen LogP) is -0.131. The Morgan fingerprint density at radius 3 is 2.10 bits per heavy atom. The molecule has 0 amide bonds. The summed E-state index contributed by atoms with van der Waals surface area (Å²) >= 11 is 3.71. The Morgan fingerprint density at radius 1 is 1.70 bits per heavy atom. The maximum Gasteiger partial charge on any atom is 0.284 e. The minimum Gasteiger partial charge on any atom is -0.310 e. The number of nitrogens with two attached hydrogens (primary N) is 1. The Kier molecular flexibility index (Phi) is 3.15. The van der Waals surface area contributed by atoms with Gasteiger partial charge in [0.25, 0.3) is 10.1 Å². The largest absolute Gasteiger partial charge is 0.310 e. The normalized spacial score (nSPS) is 18.4. The van der Waals surface area contributed by atoms with Crippen LogP contribution in [0.15, 0.2) is 0 Å². The Bertz CT molecular complexity index is 195. The lowest BCUT2D eigenvalue weighted by Crippen LogP contribution is -2.48. The maximum absolute atomic E-state index is 10.5. The summed E-state index contributed by atoms with van der Waals surface area (Å²) < 4.78 is 29.5. The van der Waals surface area contributed by atoms with Gasteiger partial charge in [0.2, 0.25) is 0 Å². The van der Waals surface area contributed by atoms with Gasteiger partial charge in [0.1, 0.15) is 0 Å². The summed E-state index contributed by atoms with van der Waals surface area (Å²) in [5, 5.41) is 0. The van der Waals surface area contributed by atoms with E-state index < -0.39 is 15.0 Å². The molecule has 0 fully saturated rings. The summed E-state index contributed by atoms with van der Waals surface area (Å²) in [6.45, 7) is 1.57. The minimum atomic E-state index is -4.16. The second-order valence-corrected chi connectivity index (χ2v) is 4.13. The van der Waals surface area contributed by atoms with E-state index in [9.17, 15) is 8.42 Å². The summed E-state index contributed by atoms with van der Waals surface area (Å²) in [6.07, 6.45) is 0.148. The van der Waals surface area contributed by atoms with Crippen LogP contribution in [0.5, 0.6) is 0 Å². The first kappa shape index (κ1) is 10.2. The molecule has 1 unspecified atom stereocenters. The minimum absolute atomic E-state index is 0.0810. The van der Waals surface area contributed by atoms with E-state index in [4.69, 9.17) is 10.3 Å². The van der Waals surface area contributed by atoms with Gasteiger partial charge in [0, 0.05) is 5.75 Å². The van der Waals surface area contributed by atoms with Gasteiger partial charge in [-0.05, 0) is 6.42 Å². The Morgan fingerprint density at radius 2 is 2.10 bits per heavy atom. The smallest absolute Gasteiger partial charge is 0.284 e. The molecular weight excluding hydrogens is 174 g/mol. The zero-order valence-electron chi connectivity index (χ0n) is 5.61. The van der Waals surface area contributed by atoms with Crippen molar-refractivity contribution in [2.45, 2.75) is 18.2 Å². The molecule has 1 atom stereocenters. The molecule has 0 heterocycles. The van der Waals surface area contributed by atoms with Crippen LogP contribution in [-0.2, 0) is 10.1 Å². The number of hydrogen-bond donors (Lipinski definition) is 3. The van der Waals surface area contributed by atoms with Crippen molar-refractivity contribution in [3.8, 4) is 0 Å². The lowest BCUT2D eigenvalue weighted by molar-refractivity contribution is 0.433. The van der Waals surface area contributed by atoms with E-state index in [1.807, 2.05) is 0 Å². The lowest BCUT2D eigenvalue weighted by atomic mass is 10.3. The zero-order valence-corrected chi connectivity index (χ0v) is 7.32. The summed E-state index contributed by atoms with van der Waals surface area (Å²) in [7, 11) is -4.16. The molecule has 0 aliphatic heterocycles. The van der Waals surface area contributed by atoms with Gasteiger partial charge in [-0.3, -0.25) is 4.55 Å². The van der Waals surface area contributed by atoms with Crippen molar-refractivity contribution in [1.29, 1.82) is 0 Å². The van der Waals surface area contributed by atoms with E-state index in [0.29, 0.717) is 0 Å². The van der Waals surface area contributed by atoms with E-state index >= 15 is 0 Å². The summed E-state index contributed by atoms with van der Waals surface area (Å²) in [5.41, 5.74) is 5.26. The molecular formula is C4H11NO3S2. The van der Waals surface area contributed by atoms with Crippen LogP contribution in [0, 0.1) is 0 Å². The van der Waals surface area contributed by atoms with Gasteiger partial charge in [-0.1, -0.05) is 6.92 Å². The van der Waals surface area contributed by atoms with Gasteiger partial charge in [-0.25, -0.2) is 0 Å². The Labute approximate surface area is 66.0 Å². The molecule has 0 rings (SSSR count). The Balaban J connectivity index is 4.68. The highest BCUT2D eigenvalue weighted by Crippen LogP contribution is 2.14. The molecule has 0 bridgehead atoms. The molecule has 4 nitrogen and oxygen atoms in total. The van der Waals surface area contributed by atoms with Crippen molar-refractivity contribution in [3.63, 3.8) is 0 Å². The maximum atomic E-state index is 10.5. The van der Waals surface area contributed by atoms with Crippen molar-refractivity contribution < 1.29 is 13.0 Å². The van der Waals surface area contributed by atoms with Crippen LogP contribution >= 0.6 is 12.6 Å². The van der Waals surface area contributed by atoms with E-state index in [0.717, 1.165) is 0 Å². The van der Waals surface area contributed by atoms with Crippen LogP contribution in [0.25, 0.3) is 0 Å². The van der Waals surface area contributed by atoms with Gasteiger partial charge in [0.15, 0.2) is 4.87 Å². The summed E-state index contributed by atoms with van der Waals surface area (Å²) in [6, 6.07) is 0. The first-order chi connectivity index (χ1) is 4.37. The van der Waals surface area contributed by atoms with Crippen molar-refractivity contribution in [1.82, 2.24) is 0 Å². The topological polar surface area (TPSA) is 80.4 Å². The van der Waals surface area contributed by atoms with Crippen LogP contribution in [0.2, 0.25) is 0 Å². The van der Waals surface area contributed by atoms with Crippen molar-refractivity contribution in [2.75, 3.05) is 5.75 Å². The van der Waals surface area contributed by atoms with Gasteiger partial charge < -0.3 is 5.73 Å². The van der Waals surface area contributed by atoms with Gasteiger partial charge in [0.05, 0.1) is 0 Å². The Hall–Kier alpha value is 0.220. The highest BCUT2D eigenvalue weighted by atomic mass is 32.2. The third-order valence-electron chi connectivity index (χ3n) is 1.38. The monoisotopic (exact) mass is 185 g/mol. The number of rotatable bonds is 3. The molecule has 0 aromatic heterocycles. The second kappa shape index (κ2) is 3.08. The van der Waals surface area contributed by atoms with Gasteiger partial charge in [-0.2, -0.15) is 21.0 Å². The average molecular weight is 185 g/mol. The van der Waals surface area contributed by atoms with E-state index in [2.05, 4.69) is 12.6 Å². The van der Waals surface area contributed by atoms with Crippen LogP contribution in [-0.4, -0.2) is 23.6 Å². The molecule has 0 radical (unpaired) electrons. The molecule has 0 aliphatic rings. The number of hydrogen-bond acceptors (Lipinski definition) is 4. The molecule has 0 aliphatic carbocycles.